The van der Waals surface area contributed by atoms with Crippen molar-refractivity contribution in [1.82, 2.24) is 14.7 Å². The number of hydrogen-bond acceptors (Lipinski definition) is 5. The Morgan fingerprint density at radius 3 is 2.56 bits per heavy atom. The van der Waals surface area contributed by atoms with Gasteiger partial charge < -0.3 is 19.8 Å². The Bertz CT molecular complexity index is 843. The maximum atomic E-state index is 14.1. The van der Waals surface area contributed by atoms with E-state index in [0.717, 1.165) is 12.8 Å². The minimum absolute atomic E-state index is 0.0165. The van der Waals surface area contributed by atoms with Gasteiger partial charge in [0.2, 0.25) is 17.7 Å². The summed E-state index contributed by atoms with van der Waals surface area (Å²) < 4.78 is -0.801. The lowest BCUT2D eigenvalue weighted by Crippen LogP contribution is -2.57. The fourth-order valence-electron chi connectivity index (χ4n) is 5.78. The number of fused-ring (bicyclic) bond motifs is 2. The summed E-state index contributed by atoms with van der Waals surface area (Å²) in [5.41, 5.74) is 0. The highest BCUT2D eigenvalue weighted by Crippen LogP contribution is 2.61. The topological polar surface area (TPSA) is 81.2 Å². The first-order chi connectivity index (χ1) is 15.3. The van der Waals surface area contributed by atoms with E-state index in [0.29, 0.717) is 19.6 Å². The number of unbranched alkanes of at least 4 members (excludes halogenated alkanes) is 1. The molecule has 0 aliphatic carbocycles. The lowest BCUT2D eigenvalue weighted by atomic mass is 9.78. The molecule has 2 fully saturated rings. The smallest absolute Gasteiger partial charge is 0.247 e. The van der Waals surface area contributed by atoms with Gasteiger partial charge in [-0.3, -0.25) is 14.4 Å². The predicted molar refractivity (Wildman–Crippen MR) is 125 cm³/mol. The van der Waals surface area contributed by atoms with Crippen LogP contribution in [0.2, 0.25) is 0 Å². The highest BCUT2D eigenvalue weighted by Gasteiger charge is 2.71. The van der Waals surface area contributed by atoms with Crippen LogP contribution in [-0.4, -0.2) is 92.9 Å². The highest BCUT2D eigenvalue weighted by molar-refractivity contribution is 8.02. The molecule has 0 saturated carbocycles. The molecule has 4 heterocycles. The summed E-state index contributed by atoms with van der Waals surface area (Å²) >= 11 is 1.59. The zero-order chi connectivity index (χ0) is 23.2. The van der Waals surface area contributed by atoms with E-state index in [2.05, 4.69) is 6.92 Å². The largest absolute Gasteiger partial charge is 0.394 e. The molecule has 8 heteroatoms. The Morgan fingerprint density at radius 1 is 1.16 bits per heavy atom. The van der Waals surface area contributed by atoms with Gasteiger partial charge in [0.05, 0.1) is 29.2 Å². The molecule has 1 N–H and O–H groups in total. The SMILES string of the molecule is CCCCN1CC=C[C@]23S[C@H]4C=CCN(C)C(=O)[C@H]4[C@H]2C(=O)N([C@@H](CO)C(C)C)C3C1=O. The number of aliphatic hydroxyl groups is 1. The monoisotopic (exact) mass is 461 g/mol. The molecule has 176 valence electrons. The van der Waals surface area contributed by atoms with Gasteiger partial charge in [0.15, 0.2) is 0 Å². The standard InChI is InChI=1S/C24H35N3O4S/c1-5-6-12-26-13-8-10-24-19(18-17(32-24)9-7-11-25(4)21(18)29)22(30)27(20(24)23(26)31)16(14-28)15(2)3/h7-10,15-20,28H,5-6,11-14H2,1-4H3/t16-,17-,18+,19-,20?,24-/m0/s1. The van der Waals surface area contributed by atoms with E-state index in [9.17, 15) is 19.5 Å². The van der Waals surface area contributed by atoms with Crippen LogP contribution >= 0.6 is 11.8 Å². The maximum absolute atomic E-state index is 14.1. The van der Waals surface area contributed by atoms with Crippen molar-refractivity contribution in [3.8, 4) is 0 Å². The number of carbonyl (C=O) groups is 3. The van der Waals surface area contributed by atoms with Crippen LogP contribution in [0.5, 0.6) is 0 Å². The van der Waals surface area contributed by atoms with Gasteiger partial charge in [-0.15, -0.1) is 11.8 Å². The zero-order valence-electron chi connectivity index (χ0n) is 19.4. The van der Waals surface area contributed by atoms with Crippen molar-refractivity contribution in [2.45, 2.75) is 55.7 Å². The molecule has 6 atom stereocenters. The van der Waals surface area contributed by atoms with E-state index in [1.165, 1.54) is 0 Å². The molecule has 32 heavy (non-hydrogen) atoms. The third kappa shape index (κ3) is 3.41. The van der Waals surface area contributed by atoms with Gasteiger partial charge in [-0.25, -0.2) is 0 Å². The summed E-state index contributed by atoms with van der Waals surface area (Å²) in [4.78, 5) is 46.6. The Labute approximate surface area is 194 Å². The minimum Gasteiger partial charge on any atom is -0.394 e. The number of nitrogens with zero attached hydrogens (tertiary/aromatic N) is 3. The van der Waals surface area contributed by atoms with Crippen LogP contribution < -0.4 is 0 Å². The van der Waals surface area contributed by atoms with Crippen LogP contribution in [0, 0.1) is 17.8 Å². The molecule has 0 aromatic heterocycles. The highest BCUT2D eigenvalue weighted by atomic mass is 32.2. The number of rotatable bonds is 6. The Hall–Kier alpha value is -1.80. The van der Waals surface area contributed by atoms with E-state index >= 15 is 0 Å². The summed E-state index contributed by atoms with van der Waals surface area (Å²) in [6.45, 7) is 7.49. The van der Waals surface area contributed by atoms with Crippen LogP contribution in [0.15, 0.2) is 24.3 Å². The molecular formula is C24H35N3O4S. The second kappa shape index (κ2) is 8.86. The van der Waals surface area contributed by atoms with E-state index in [1.54, 1.807) is 28.6 Å². The fourth-order valence-corrected chi connectivity index (χ4v) is 7.77. The average Bonchev–Trinajstić information content (AvgIpc) is 3.08. The van der Waals surface area contributed by atoms with Crippen molar-refractivity contribution < 1.29 is 19.5 Å². The summed E-state index contributed by atoms with van der Waals surface area (Å²) in [5.74, 6) is -1.41. The van der Waals surface area contributed by atoms with Gasteiger partial charge in [0.25, 0.3) is 0 Å². The van der Waals surface area contributed by atoms with Crippen LogP contribution in [-0.2, 0) is 14.4 Å². The number of likely N-dealkylation sites (tertiary alicyclic amines) is 1. The average molecular weight is 462 g/mol. The zero-order valence-corrected chi connectivity index (χ0v) is 20.3. The molecule has 4 rings (SSSR count). The molecule has 1 spiro atoms. The number of amides is 3. The molecule has 0 bridgehead atoms. The first-order valence-corrected chi connectivity index (χ1v) is 12.6. The Kier molecular flexibility index (Phi) is 6.47. The Balaban J connectivity index is 1.85. The normalized spacial score (nSPS) is 35.2. The summed E-state index contributed by atoms with van der Waals surface area (Å²) in [6.07, 6.45) is 9.96. The second-order valence-corrected chi connectivity index (χ2v) is 11.3. The molecule has 0 aromatic rings. The number of thioether (sulfide) groups is 1. The van der Waals surface area contributed by atoms with E-state index in [4.69, 9.17) is 0 Å². The minimum atomic E-state index is -0.801. The van der Waals surface area contributed by atoms with E-state index in [-0.39, 0.29) is 35.5 Å². The van der Waals surface area contributed by atoms with Crippen molar-refractivity contribution in [1.29, 1.82) is 0 Å². The number of aliphatic hydroxyl groups excluding tert-OH is 1. The van der Waals surface area contributed by atoms with Gasteiger partial charge in [-0.1, -0.05) is 51.5 Å². The van der Waals surface area contributed by atoms with E-state index in [1.807, 2.05) is 43.1 Å². The molecule has 4 aliphatic rings. The summed E-state index contributed by atoms with van der Waals surface area (Å²) in [6, 6.07) is -1.18. The second-order valence-electron chi connectivity index (χ2n) is 9.77. The molecule has 7 nitrogen and oxygen atoms in total. The molecule has 0 aromatic carbocycles. The predicted octanol–water partition coefficient (Wildman–Crippen LogP) is 1.53. The van der Waals surface area contributed by atoms with Crippen LogP contribution in [0.25, 0.3) is 0 Å². The fraction of sp³-hybridized carbons (Fsp3) is 0.708. The van der Waals surface area contributed by atoms with Crippen molar-refractivity contribution in [3.05, 3.63) is 24.3 Å². The lowest BCUT2D eigenvalue weighted by molar-refractivity contribution is -0.147. The third-order valence-corrected chi connectivity index (χ3v) is 9.22. The van der Waals surface area contributed by atoms with Crippen LogP contribution in [0.1, 0.15) is 33.6 Å². The molecule has 1 unspecified atom stereocenters. The van der Waals surface area contributed by atoms with Crippen LogP contribution in [0.4, 0.5) is 0 Å². The first kappa shape index (κ1) is 23.4. The maximum Gasteiger partial charge on any atom is 0.247 e. The number of hydrogen-bond donors (Lipinski definition) is 1. The van der Waals surface area contributed by atoms with Gasteiger partial charge in [-0.05, 0) is 12.3 Å². The third-order valence-electron chi connectivity index (χ3n) is 7.48. The van der Waals surface area contributed by atoms with Crippen molar-refractivity contribution in [2.24, 2.45) is 17.8 Å². The quantitative estimate of drug-likeness (QED) is 0.607. The molecule has 0 radical (unpaired) electrons. The number of carbonyl (C=O) groups excluding carboxylic acids is 3. The van der Waals surface area contributed by atoms with Gasteiger partial charge in [-0.2, -0.15) is 0 Å². The van der Waals surface area contributed by atoms with Crippen molar-refractivity contribution in [2.75, 3.05) is 33.3 Å². The lowest BCUT2D eigenvalue weighted by Gasteiger charge is -2.39. The van der Waals surface area contributed by atoms with Gasteiger partial charge in [0.1, 0.15) is 6.04 Å². The molecule has 3 amide bonds. The van der Waals surface area contributed by atoms with E-state index < -0.39 is 28.7 Å². The molecule has 4 aliphatic heterocycles. The number of likely N-dealkylation sites (N-methyl/N-ethyl adjacent to an activating group) is 1. The van der Waals surface area contributed by atoms with Gasteiger partial charge in [0, 0.05) is 31.9 Å². The summed E-state index contributed by atoms with van der Waals surface area (Å²) in [7, 11) is 1.77. The summed E-state index contributed by atoms with van der Waals surface area (Å²) in [5, 5.41) is 10.1. The Morgan fingerprint density at radius 2 is 1.91 bits per heavy atom. The molecule has 2 saturated heterocycles. The van der Waals surface area contributed by atoms with Crippen molar-refractivity contribution in [3.63, 3.8) is 0 Å². The van der Waals surface area contributed by atoms with Crippen molar-refractivity contribution >= 4 is 29.5 Å². The van der Waals surface area contributed by atoms with Gasteiger partial charge >= 0.3 is 0 Å². The molecular weight excluding hydrogens is 426 g/mol. The van der Waals surface area contributed by atoms with Crippen LogP contribution in [0.3, 0.4) is 0 Å². The first-order valence-electron chi connectivity index (χ1n) is 11.8.